The van der Waals surface area contributed by atoms with Crippen LogP contribution in [0, 0.1) is 0 Å². The number of fused-ring (bicyclic) bond motifs is 1. The predicted octanol–water partition coefficient (Wildman–Crippen LogP) is 18.6. The van der Waals surface area contributed by atoms with Crippen LogP contribution in [0.1, 0.15) is 76.8 Å². The van der Waals surface area contributed by atoms with Crippen molar-refractivity contribution in [2.45, 2.75) is 81.7 Å². The predicted molar refractivity (Wildman–Crippen MR) is 449 cm³/mol. The number of primary sulfonamides is 2. The van der Waals surface area contributed by atoms with E-state index in [9.17, 15) is 30.0 Å². The molecule has 35 heteroatoms. The second-order valence-electron chi connectivity index (χ2n) is 27.2. The maximum absolute atomic E-state index is 13.7. The topological polar surface area (TPSA) is 409 Å². The Labute approximate surface area is 708 Å². The second-order valence-corrected chi connectivity index (χ2v) is 30.3. The molecule has 18 rings (SSSR count). The van der Waals surface area contributed by atoms with Crippen LogP contribution in [0.2, 0.25) is 0 Å². The molecule has 0 amide bonds. The van der Waals surface area contributed by atoms with Crippen LogP contribution in [0.3, 0.4) is 0 Å². The summed E-state index contributed by atoms with van der Waals surface area (Å²) in [4.78, 5) is 33.9. The molecule has 0 atom stereocenters. The van der Waals surface area contributed by atoms with E-state index in [0.717, 1.165) is 45.2 Å². The normalized spacial score (nSPS) is 12.4. The third-order valence-corrected chi connectivity index (χ3v) is 20.7. The number of pyridine rings is 3. The number of ether oxygens (including phenoxy) is 6. The van der Waals surface area contributed by atoms with Crippen molar-refractivity contribution in [3.63, 3.8) is 0 Å². The fourth-order valence-electron chi connectivity index (χ4n) is 12.9. The third-order valence-electron chi connectivity index (χ3n) is 18.9. The second kappa shape index (κ2) is 39.7. The SMILES string of the molecule is CCOc1ccc(-c2nc(-c3ccccn3)no2)cc1OCC.CCOc1ccc(-c2nc(-c3cccnc3)no2)cc1OCC.NS(=O)(=O)c1ccc(-c2noc(-c3ccc(-c4ccccc4)c(C(F)(F)F)c3)n2)cc1.NS(=O)(=O)c1ccc(-c2noc(-c3ccc(C4CCCCC4)cc3)n2)cc1.c1cc(-c2noc(-c3ccc4c(c3)OCO4)n2)ccn1. The maximum atomic E-state index is 13.7. The third kappa shape index (κ3) is 21.7. The Balaban J connectivity index is 0.000000127. The van der Waals surface area contributed by atoms with E-state index < -0.39 is 31.8 Å². The summed E-state index contributed by atoms with van der Waals surface area (Å²) in [6, 6.07) is 61.4. The van der Waals surface area contributed by atoms with Crippen LogP contribution in [-0.2, 0) is 26.2 Å². The number of alkyl halides is 3. The fraction of sp³-hybridized carbons (Fsp3) is 0.180. The Morgan fingerprint density at radius 2 is 0.806 bits per heavy atom. The molecule has 1 fully saturated rings. The highest BCUT2D eigenvalue weighted by Gasteiger charge is 2.35. The Morgan fingerprint density at radius 3 is 1.30 bits per heavy atom. The number of aromatic nitrogens is 13. The van der Waals surface area contributed by atoms with E-state index in [4.69, 9.17) is 61.3 Å². The van der Waals surface area contributed by atoms with Crippen molar-refractivity contribution >= 4 is 20.0 Å². The molecule has 0 spiro atoms. The van der Waals surface area contributed by atoms with Gasteiger partial charge in [0, 0.05) is 81.1 Å². The molecule has 16 aromatic rings. The van der Waals surface area contributed by atoms with Crippen molar-refractivity contribution < 1.29 is 81.0 Å². The molecule has 0 radical (unpaired) electrons. The van der Waals surface area contributed by atoms with Gasteiger partial charge in [-0.1, -0.05) is 99.6 Å². The first kappa shape index (κ1) is 85.7. The van der Waals surface area contributed by atoms with Crippen LogP contribution >= 0.6 is 0 Å². The minimum absolute atomic E-state index is 0.0372. The highest BCUT2D eigenvalue weighted by molar-refractivity contribution is 7.89. The molecule has 2 aliphatic rings. The van der Waals surface area contributed by atoms with E-state index in [1.54, 1.807) is 73.4 Å². The van der Waals surface area contributed by atoms with Gasteiger partial charge in [0.1, 0.15) is 5.69 Å². The number of hydrogen-bond donors (Lipinski definition) is 2. The molecule has 30 nitrogen and oxygen atoms in total. The van der Waals surface area contributed by atoms with Crippen molar-refractivity contribution in [2.24, 2.45) is 10.3 Å². The summed E-state index contributed by atoms with van der Waals surface area (Å²) < 4.78 is 146. The Kier molecular flexibility index (Phi) is 27.4. The molecule has 4 N–H and O–H groups in total. The molecule has 124 heavy (non-hydrogen) atoms. The van der Waals surface area contributed by atoms with Crippen LogP contribution in [0.4, 0.5) is 13.2 Å². The monoisotopic (exact) mass is 1720 g/mol. The van der Waals surface area contributed by atoms with Crippen molar-refractivity contribution in [3.8, 4) is 160 Å². The van der Waals surface area contributed by atoms with E-state index in [1.807, 2.05) is 137 Å². The quantitative estimate of drug-likeness (QED) is 0.0636. The van der Waals surface area contributed by atoms with Gasteiger partial charge in [0.05, 0.1) is 41.8 Å². The highest BCUT2D eigenvalue weighted by Crippen LogP contribution is 2.42. The van der Waals surface area contributed by atoms with Crippen molar-refractivity contribution in [1.29, 1.82) is 0 Å². The molecule has 0 saturated heterocycles. The summed E-state index contributed by atoms with van der Waals surface area (Å²) in [5.74, 6) is 8.37. The first-order valence-electron chi connectivity index (χ1n) is 38.9. The summed E-state index contributed by atoms with van der Waals surface area (Å²) in [6.07, 6.45) is 10.4. The lowest BCUT2D eigenvalue weighted by atomic mass is 9.84. The number of sulfonamides is 2. The molecule has 9 heterocycles. The minimum Gasteiger partial charge on any atom is -0.490 e. The highest BCUT2D eigenvalue weighted by atomic mass is 32.2. The van der Waals surface area contributed by atoms with Crippen LogP contribution in [-0.4, -0.2) is 116 Å². The van der Waals surface area contributed by atoms with E-state index >= 15 is 0 Å². The van der Waals surface area contributed by atoms with Gasteiger partial charge in [0.2, 0.25) is 56.0 Å². The Bertz CT molecular complexity index is 6320. The Hall–Kier alpha value is -14.7. The zero-order chi connectivity index (χ0) is 86.6. The maximum Gasteiger partial charge on any atom is 0.417 e. The van der Waals surface area contributed by atoms with Crippen molar-refractivity contribution in [3.05, 3.63) is 261 Å². The van der Waals surface area contributed by atoms with Gasteiger partial charge in [-0.3, -0.25) is 15.0 Å². The van der Waals surface area contributed by atoms with Gasteiger partial charge >= 0.3 is 6.18 Å². The smallest absolute Gasteiger partial charge is 0.417 e. The largest absolute Gasteiger partial charge is 0.490 e. The summed E-state index contributed by atoms with van der Waals surface area (Å²) >= 11 is 0. The minimum atomic E-state index is -4.59. The number of benzene rings is 8. The molecule has 1 aliphatic heterocycles. The molecule has 1 saturated carbocycles. The van der Waals surface area contributed by atoms with Gasteiger partial charge in [0.15, 0.2) is 34.5 Å². The summed E-state index contributed by atoms with van der Waals surface area (Å²) in [5.41, 5.74) is 7.74. The van der Waals surface area contributed by atoms with Gasteiger partial charge in [0.25, 0.3) is 29.5 Å². The molecule has 0 unspecified atom stereocenters. The Morgan fingerprint density at radius 1 is 0.379 bits per heavy atom. The van der Waals surface area contributed by atoms with E-state index in [1.165, 1.54) is 86.2 Å². The molecule has 8 aromatic carbocycles. The first-order chi connectivity index (χ1) is 60.2. The summed E-state index contributed by atoms with van der Waals surface area (Å²) in [6.45, 7) is 10.2. The van der Waals surface area contributed by atoms with Crippen molar-refractivity contribution in [1.82, 2.24) is 65.7 Å². The first-order valence-corrected chi connectivity index (χ1v) is 42.0. The lowest BCUT2D eigenvalue weighted by molar-refractivity contribution is -0.137. The van der Waals surface area contributed by atoms with Gasteiger partial charge in [-0.25, -0.2) is 27.1 Å². The van der Waals surface area contributed by atoms with Crippen LogP contribution in [0.5, 0.6) is 34.5 Å². The van der Waals surface area contributed by atoms with Crippen molar-refractivity contribution in [2.75, 3.05) is 33.2 Å². The lowest BCUT2D eigenvalue weighted by Gasteiger charge is -2.21. The zero-order valence-corrected chi connectivity index (χ0v) is 68.5. The number of rotatable bonds is 22. The zero-order valence-electron chi connectivity index (χ0n) is 66.9. The lowest BCUT2D eigenvalue weighted by Crippen LogP contribution is -2.11. The molecule has 632 valence electrons. The fourth-order valence-corrected chi connectivity index (χ4v) is 13.9. The molecular formula is C89H78F3N15O15S2. The van der Waals surface area contributed by atoms with Gasteiger partial charge < -0.3 is 51.0 Å². The number of hydrogen-bond acceptors (Lipinski definition) is 28. The van der Waals surface area contributed by atoms with E-state index in [0.29, 0.717) is 130 Å². The molecule has 0 bridgehead atoms. The van der Waals surface area contributed by atoms with Gasteiger partial charge in [-0.15, -0.1) is 0 Å². The van der Waals surface area contributed by atoms with Crippen LogP contribution in [0.25, 0.3) is 125 Å². The van der Waals surface area contributed by atoms with E-state index in [2.05, 4.69) is 77.8 Å². The molecular weight excluding hydrogens is 1640 g/mol. The standard InChI is InChI=1S/C21H14F3N3O3S.C20H21N3O3S.2C17H17N3O3.C14H9N3O3/c22-21(23,24)18-12-15(8-11-17(18)13-4-2-1-3-5-13)20-26-19(27-30-20)14-6-9-16(10-7-14)31(25,28)29;21-27(24,25)18-12-10-16(11-13-18)19-22-20(26-23-19)17-8-6-15(7-9-17)14-4-2-1-3-5-14;1-3-21-14-8-7-12(10-15(14)22-4-2)17-19-16(20-23-17)13-6-5-9-18-11-13;1-3-21-14-9-8-12(11-15(14)22-4-2)17-19-16(20-23-17)13-7-5-6-10-18-13;1-2-11-12(19-8-18-11)7-10(1)14-16-13(17-20-14)9-3-5-15-6-4-9/h1-12H,(H2,25,28,29);6-14H,1-5H2,(H2,21,24,25);2*5-11H,3-4H2,1-2H3;1-7H,8H2. The summed E-state index contributed by atoms with van der Waals surface area (Å²) in [5, 5.41) is 29.9. The van der Waals surface area contributed by atoms with Gasteiger partial charge in [-0.05, 0) is 227 Å². The van der Waals surface area contributed by atoms with E-state index in [-0.39, 0.29) is 39.4 Å². The van der Waals surface area contributed by atoms with Gasteiger partial charge in [-0.2, -0.15) is 38.1 Å². The molecule has 8 aromatic heterocycles. The average Bonchev–Trinajstić information content (AvgIpc) is 1.21. The number of halogens is 3. The van der Waals surface area contributed by atoms with Crippen LogP contribution in [0.15, 0.2) is 282 Å². The average molecular weight is 1720 g/mol. The summed E-state index contributed by atoms with van der Waals surface area (Å²) in [7, 11) is -7.57. The molecule has 1 aliphatic carbocycles. The number of nitrogens with two attached hydrogens (primary N) is 2. The van der Waals surface area contributed by atoms with Crippen LogP contribution < -0.4 is 38.7 Å². The number of nitrogens with zero attached hydrogens (tertiary/aromatic N) is 13.